The first-order valence-corrected chi connectivity index (χ1v) is 21.7. The Balaban J connectivity index is 2.99. The summed E-state index contributed by atoms with van der Waals surface area (Å²) in [6.07, 6.45) is 9.74. The minimum absolute atomic E-state index is 0.601. The molecule has 2 aromatic rings. The van der Waals surface area contributed by atoms with Crippen molar-refractivity contribution in [3.63, 3.8) is 0 Å². The zero-order valence-corrected chi connectivity index (χ0v) is 28.6. The predicted octanol–water partition coefficient (Wildman–Crippen LogP) is 8.67. The Bertz CT molecular complexity index is 993. The molecule has 0 aliphatic heterocycles. The molecule has 39 heavy (non-hydrogen) atoms. The summed E-state index contributed by atoms with van der Waals surface area (Å²) in [7, 11) is 9.99. The van der Waals surface area contributed by atoms with Crippen LogP contribution in [0, 0.1) is 0 Å². The molecule has 0 amide bonds. The quantitative estimate of drug-likeness (QED) is 0.119. The Hall–Kier alpha value is -2.22. The van der Waals surface area contributed by atoms with Crippen LogP contribution >= 0.6 is 0 Å². The second-order valence-electron chi connectivity index (χ2n) is 10.0. The molecule has 2 rings (SSSR count). The summed E-state index contributed by atoms with van der Waals surface area (Å²) in [5.74, 6) is 3.90. The molecule has 218 valence electrons. The van der Waals surface area contributed by atoms with Gasteiger partial charge in [0.25, 0.3) is 0 Å². The molecule has 0 aliphatic rings. The van der Waals surface area contributed by atoms with Crippen LogP contribution in [0.25, 0.3) is 9.67 Å². The van der Waals surface area contributed by atoms with Gasteiger partial charge in [0.1, 0.15) is 0 Å². The van der Waals surface area contributed by atoms with Gasteiger partial charge < -0.3 is 0 Å². The monoisotopic (exact) mass is 650 g/mol. The van der Waals surface area contributed by atoms with Crippen LogP contribution in [0.5, 0.6) is 34.5 Å². The van der Waals surface area contributed by atoms with Gasteiger partial charge in [0.05, 0.1) is 0 Å². The Morgan fingerprint density at radius 2 is 0.923 bits per heavy atom. The van der Waals surface area contributed by atoms with Crippen LogP contribution in [-0.2, 0) is 0 Å². The Morgan fingerprint density at radius 3 is 1.23 bits per heavy atom. The summed E-state index contributed by atoms with van der Waals surface area (Å²) in [6, 6.07) is 8.38. The first-order valence-electron chi connectivity index (χ1n) is 14.2. The number of hydrogen-bond donors (Lipinski definition) is 0. The maximum absolute atomic E-state index is 5.81. The van der Waals surface area contributed by atoms with Crippen molar-refractivity contribution in [3.8, 4) is 34.5 Å². The van der Waals surface area contributed by atoms with Gasteiger partial charge in [0.15, 0.2) is 0 Å². The average Bonchev–Trinajstić information content (AvgIpc) is 2.98. The van der Waals surface area contributed by atoms with Crippen molar-refractivity contribution >= 4 is 28.0 Å². The van der Waals surface area contributed by atoms with Gasteiger partial charge in [0.2, 0.25) is 0 Å². The zero-order chi connectivity index (χ0) is 28.8. The van der Waals surface area contributed by atoms with E-state index in [1.165, 1.54) is 55.4 Å². The molecule has 0 aromatic heterocycles. The number of unbranched alkanes of at least 4 members (excludes halogenated alkanes) is 3. The fourth-order valence-corrected chi connectivity index (χ4v) is 22.2. The molecule has 0 atom stereocenters. The van der Waals surface area contributed by atoms with E-state index >= 15 is 0 Å². The third-order valence-corrected chi connectivity index (χ3v) is 23.3. The summed E-state index contributed by atoms with van der Waals surface area (Å²) in [5, 5.41) is 0. The van der Waals surface area contributed by atoms with E-state index in [-0.39, 0.29) is 0 Å². The van der Waals surface area contributed by atoms with E-state index in [0.717, 1.165) is 11.1 Å². The van der Waals surface area contributed by atoms with E-state index in [9.17, 15) is 0 Å². The molecule has 0 heterocycles. The van der Waals surface area contributed by atoms with E-state index < -0.39 is 18.4 Å². The van der Waals surface area contributed by atoms with Crippen molar-refractivity contribution in [1.82, 2.24) is 0 Å². The van der Waals surface area contributed by atoms with Crippen LogP contribution in [-0.4, -0.2) is 61.0 Å². The van der Waals surface area contributed by atoms with Gasteiger partial charge in [-0.25, -0.2) is 0 Å². The van der Waals surface area contributed by atoms with Crippen LogP contribution in [0.15, 0.2) is 24.3 Å². The third-order valence-electron chi connectivity index (χ3n) is 7.57. The van der Waals surface area contributed by atoms with Crippen molar-refractivity contribution < 1.29 is 28.4 Å². The molecule has 0 bridgehead atoms. The molecule has 0 spiro atoms. The van der Waals surface area contributed by atoms with Gasteiger partial charge in [-0.3, -0.25) is 0 Å². The van der Waals surface area contributed by atoms with Crippen molar-refractivity contribution in [1.29, 1.82) is 0 Å². The fraction of sp³-hybridized carbons (Fsp3) is 0.562. The van der Waals surface area contributed by atoms with Gasteiger partial charge in [0, 0.05) is 0 Å². The zero-order valence-electron chi connectivity index (χ0n) is 25.7. The molecule has 0 saturated heterocycles. The topological polar surface area (TPSA) is 55.4 Å². The summed E-state index contributed by atoms with van der Waals surface area (Å²) in [4.78, 5) is 0. The van der Waals surface area contributed by atoms with Gasteiger partial charge in [-0.1, -0.05) is 0 Å². The minimum atomic E-state index is -3.00. The Kier molecular flexibility index (Phi) is 14.2. The molecule has 0 saturated carbocycles. The van der Waals surface area contributed by atoms with Crippen LogP contribution in [0.2, 0.25) is 13.3 Å². The van der Waals surface area contributed by atoms with Crippen LogP contribution in [0.4, 0.5) is 0 Å². The number of hydrogen-bond acceptors (Lipinski definition) is 6. The van der Waals surface area contributed by atoms with Crippen LogP contribution < -0.4 is 28.4 Å². The second-order valence-corrected chi connectivity index (χ2v) is 23.1. The SMILES string of the molecule is CCC[CH2][Sn]([CH2]CCC)([CH2]CCC)/[C](=C/c1cc(OC)c(OC)c(OC)c1)c1cc(OC)c(OC)c(OC)c1. The van der Waals surface area contributed by atoms with E-state index in [0.29, 0.717) is 34.5 Å². The molecule has 2 aromatic carbocycles. The molecule has 0 fully saturated rings. The first kappa shape index (κ1) is 33.0. The van der Waals surface area contributed by atoms with E-state index in [4.69, 9.17) is 28.4 Å². The molecule has 0 unspecified atom stereocenters. The Morgan fingerprint density at radius 1 is 0.564 bits per heavy atom. The summed E-state index contributed by atoms with van der Waals surface area (Å²) < 4.78 is 39.8. The molecule has 0 aliphatic carbocycles. The number of rotatable bonds is 18. The van der Waals surface area contributed by atoms with Crippen molar-refractivity contribution in [2.75, 3.05) is 42.7 Å². The number of methoxy groups -OCH3 is 6. The standard InChI is InChI=1S/C20H23O6.3C4H9.Sn/c1-21-15-9-13(10-16(22-2)19(15)25-5)7-8-14-11-17(23-3)20(26-6)18(12-14)24-4;3*1-3-4-2;/h7,9-12H,1-6H3;3*1,3-4H2,2H3;. The molecule has 0 radical (unpaired) electrons. The summed E-state index contributed by atoms with van der Waals surface area (Å²) in [6.45, 7) is 6.91. The van der Waals surface area contributed by atoms with Crippen LogP contribution in [0.3, 0.4) is 0 Å². The van der Waals surface area contributed by atoms with E-state index in [1.54, 1.807) is 42.7 Å². The van der Waals surface area contributed by atoms with Crippen LogP contribution in [0.1, 0.15) is 70.4 Å². The van der Waals surface area contributed by atoms with Gasteiger partial charge >= 0.3 is 242 Å². The van der Waals surface area contributed by atoms with Gasteiger partial charge in [-0.05, 0) is 0 Å². The molecule has 6 nitrogen and oxygen atoms in total. The van der Waals surface area contributed by atoms with Crippen molar-refractivity contribution in [3.05, 3.63) is 35.4 Å². The fourth-order valence-electron chi connectivity index (χ4n) is 5.46. The third kappa shape index (κ3) is 8.15. The predicted molar refractivity (Wildman–Crippen MR) is 165 cm³/mol. The van der Waals surface area contributed by atoms with Crippen molar-refractivity contribution in [2.45, 2.75) is 72.6 Å². The second kappa shape index (κ2) is 16.8. The maximum atomic E-state index is 5.81. The van der Waals surface area contributed by atoms with E-state index in [2.05, 4.69) is 51.1 Å². The molecular weight excluding hydrogens is 599 g/mol. The van der Waals surface area contributed by atoms with Crippen molar-refractivity contribution in [2.24, 2.45) is 0 Å². The number of ether oxygens (including phenoxy) is 6. The average molecular weight is 649 g/mol. The first-order chi connectivity index (χ1) is 18.9. The molecular formula is C32H50O6Sn. The normalized spacial score (nSPS) is 11.8. The Labute approximate surface area is 240 Å². The number of benzene rings is 2. The van der Waals surface area contributed by atoms with Gasteiger partial charge in [-0.15, -0.1) is 0 Å². The molecule has 7 heteroatoms. The van der Waals surface area contributed by atoms with Gasteiger partial charge in [-0.2, -0.15) is 0 Å². The summed E-state index contributed by atoms with van der Waals surface area (Å²) in [5.41, 5.74) is 2.20. The molecule has 0 N–H and O–H groups in total. The van der Waals surface area contributed by atoms with E-state index in [1.807, 2.05) is 0 Å². The summed E-state index contributed by atoms with van der Waals surface area (Å²) >= 11 is -3.00.